The molecule has 1 atom stereocenters. The van der Waals surface area contributed by atoms with Crippen molar-refractivity contribution in [3.05, 3.63) is 28.7 Å². The fourth-order valence-corrected chi connectivity index (χ4v) is 1.66. The van der Waals surface area contributed by atoms with Gasteiger partial charge < -0.3 is 14.2 Å². The van der Waals surface area contributed by atoms with Gasteiger partial charge in [-0.05, 0) is 31.2 Å². The Kier molecular flexibility index (Phi) is 6.87. The zero-order valence-corrected chi connectivity index (χ0v) is 13.2. The van der Waals surface area contributed by atoms with E-state index in [2.05, 4.69) is 25.4 Å². The molecule has 1 aromatic carbocycles. The number of methoxy groups -OCH3 is 1. The van der Waals surface area contributed by atoms with Crippen molar-refractivity contribution in [2.24, 2.45) is 0 Å². The monoisotopic (exact) mass is 358 g/mol. The van der Waals surface area contributed by atoms with Crippen LogP contribution >= 0.6 is 15.9 Å². The van der Waals surface area contributed by atoms with Crippen LogP contribution in [0.1, 0.15) is 13.3 Å². The second-order valence-corrected chi connectivity index (χ2v) is 5.08. The van der Waals surface area contributed by atoms with Crippen LogP contribution in [0.3, 0.4) is 0 Å². The molecule has 0 saturated carbocycles. The first kappa shape index (κ1) is 17.2. The molecule has 1 aromatic rings. The lowest BCUT2D eigenvalue weighted by molar-refractivity contribution is -0.158. The van der Waals surface area contributed by atoms with Crippen molar-refractivity contribution in [2.45, 2.75) is 19.4 Å². The van der Waals surface area contributed by atoms with Crippen LogP contribution < -0.4 is 4.74 Å². The number of carbonyl (C=O) groups excluding carboxylic acids is 3. The first-order chi connectivity index (χ1) is 9.92. The van der Waals surface area contributed by atoms with E-state index in [1.54, 1.807) is 19.1 Å². The molecule has 0 aliphatic carbocycles. The van der Waals surface area contributed by atoms with Crippen molar-refractivity contribution in [2.75, 3.05) is 13.7 Å². The molecular formula is C14H15BrO6. The lowest BCUT2D eigenvalue weighted by Gasteiger charge is -2.14. The van der Waals surface area contributed by atoms with Gasteiger partial charge in [-0.2, -0.15) is 0 Å². The highest BCUT2D eigenvalue weighted by Gasteiger charge is 2.18. The highest BCUT2D eigenvalue weighted by atomic mass is 79.9. The zero-order valence-electron chi connectivity index (χ0n) is 11.6. The van der Waals surface area contributed by atoms with Crippen molar-refractivity contribution in [1.82, 2.24) is 0 Å². The number of halogens is 1. The van der Waals surface area contributed by atoms with Gasteiger partial charge in [-0.15, -0.1) is 0 Å². The molecule has 21 heavy (non-hydrogen) atoms. The summed E-state index contributed by atoms with van der Waals surface area (Å²) in [6.07, 6.45) is -0.461. The van der Waals surface area contributed by atoms with Crippen LogP contribution in [0, 0.1) is 0 Å². The molecule has 0 spiro atoms. The van der Waals surface area contributed by atoms with Crippen LogP contribution in [-0.4, -0.2) is 37.5 Å². The smallest absolute Gasteiger partial charge is 0.378 e. The Bertz CT molecular complexity index is 511. The summed E-state index contributed by atoms with van der Waals surface area (Å²) in [7, 11) is 1.08. The maximum absolute atomic E-state index is 11.5. The molecule has 114 valence electrons. The Hall–Kier alpha value is -1.89. The Labute approximate surface area is 130 Å². The molecule has 0 aromatic heterocycles. The molecule has 0 radical (unpaired) electrons. The second kappa shape index (κ2) is 8.41. The standard InChI is InChI=1S/C14H15BrO6/c1-9(21-11-5-3-10(15)4-6-11)7-13(17)20-8-12(16)14(18)19-2/h3-6,9H,7-8H2,1-2H3. The maximum Gasteiger partial charge on any atom is 0.378 e. The lowest BCUT2D eigenvalue weighted by Crippen LogP contribution is -2.25. The van der Waals surface area contributed by atoms with Gasteiger partial charge >= 0.3 is 11.9 Å². The third-order valence-corrected chi connectivity index (χ3v) is 2.91. The lowest BCUT2D eigenvalue weighted by atomic mass is 10.3. The summed E-state index contributed by atoms with van der Waals surface area (Å²) in [6.45, 7) is 1.07. The summed E-state index contributed by atoms with van der Waals surface area (Å²) >= 11 is 3.30. The van der Waals surface area contributed by atoms with Gasteiger partial charge in [0.05, 0.1) is 13.5 Å². The number of ketones is 1. The van der Waals surface area contributed by atoms with Crippen LogP contribution in [-0.2, 0) is 23.9 Å². The molecule has 0 amide bonds. The van der Waals surface area contributed by atoms with Gasteiger partial charge in [-0.25, -0.2) is 4.79 Å². The molecule has 1 unspecified atom stereocenters. The van der Waals surface area contributed by atoms with E-state index in [1.165, 1.54) is 0 Å². The summed E-state index contributed by atoms with van der Waals surface area (Å²) in [6, 6.07) is 7.14. The summed E-state index contributed by atoms with van der Waals surface area (Å²) in [5, 5.41) is 0. The molecule has 0 bridgehead atoms. The van der Waals surface area contributed by atoms with Crippen molar-refractivity contribution >= 4 is 33.7 Å². The third-order valence-electron chi connectivity index (χ3n) is 2.38. The Morgan fingerprint density at radius 1 is 1.19 bits per heavy atom. The molecule has 0 aliphatic heterocycles. The fraction of sp³-hybridized carbons (Fsp3) is 0.357. The van der Waals surface area contributed by atoms with Crippen molar-refractivity contribution in [3.63, 3.8) is 0 Å². The highest BCUT2D eigenvalue weighted by molar-refractivity contribution is 9.10. The molecule has 6 nitrogen and oxygen atoms in total. The van der Waals surface area contributed by atoms with Gasteiger partial charge in [0.15, 0.2) is 6.61 Å². The van der Waals surface area contributed by atoms with Gasteiger partial charge in [0.1, 0.15) is 11.9 Å². The Morgan fingerprint density at radius 2 is 1.81 bits per heavy atom. The topological polar surface area (TPSA) is 78.9 Å². The van der Waals surface area contributed by atoms with Crippen LogP contribution in [0.25, 0.3) is 0 Å². The van der Waals surface area contributed by atoms with E-state index >= 15 is 0 Å². The molecule has 0 N–H and O–H groups in total. The fourth-order valence-electron chi connectivity index (χ4n) is 1.40. The minimum Gasteiger partial charge on any atom is -0.490 e. The largest absolute Gasteiger partial charge is 0.490 e. The molecule has 1 rings (SSSR count). The predicted molar refractivity (Wildman–Crippen MR) is 76.8 cm³/mol. The number of ether oxygens (including phenoxy) is 3. The average molecular weight is 359 g/mol. The molecule has 0 fully saturated rings. The van der Waals surface area contributed by atoms with E-state index in [-0.39, 0.29) is 6.42 Å². The molecule has 0 saturated heterocycles. The number of esters is 2. The first-order valence-corrected chi connectivity index (χ1v) is 6.90. The normalized spacial score (nSPS) is 11.4. The van der Waals surface area contributed by atoms with E-state index in [0.29, 0.717) is 5.75 Å². The van der Waals surface area contributed by atoms with E-state index < -0.39 is 30.4 Å². The number of rotatable bonds is 7. The predicted octanol–water partition coefficient (Wildman–Crippen LogP) is 1.89. The molecule has 0 heterocycles. The summed E-state index contributed by atoms with van der Waals surface area (Å²) < 4.78 is 15.3. The Balaban J connectivity index is 2.35. The second-order valence-electron chi connectivity index (χ2n) is 4.16. The highest BCUT2D eigenvalue weighted by Crippen LogP contribution is 2.18. The minimum absolute atomic E-state index is 0.0372. The van der Waals surface area contributed by atoms with Gasteiger partial charge in [-0.3, -0.25) is 9.59 Å². The summed E-state index contributed by atoms with van der Waals surface area (Å²) in [5.41, 5.74) is 0. The SMILES string of the molecule is COC(=O)C(=O)COC(=O)CC(C)Oc1ccc(Br)cc1. The molecule has 0 aliphatic rings. The quantitative estimate of drug-likeness (QED) is 0.547. The van der Waals surface area contributed by atoms with Crippen molar-refractivity contribution < 1.29 is 28.6 Å². The summed E-state index contributed by atoms with van der Waals surface area (Å²) in [5.74, 6) is -1.96. The van der Waals surface area contributed by atoms with E-state index in [4.69, 9.17) is 4.74 Å². The van der Waals surface area contributed by atoms with E-state index in [0.717, 1.165) is 11.6 Å². The van der Waals surface area contributed by atoms with Crippen molar-refractivity contribution in [1.29, 1.82) is 0 Å². The number of benzene rings is 1. The Morgan fingerprint density at radius 3 is 2.38 bits per heavy atom. The van der Waals surface area contributed by atoms with Gasteiger partial charge in [0, 0.05) is 4.47 Å². The number of hydrogen-bond acceptors (Lipinski definition) is 6. The molecule has 7 heteroatoms. The van der Waals surface area contributed by atoms with Crippen LogP contribution in [0.15, 0.2) is 28.7 Å². The van der Waals surface area contributed by atoms with E-state index in [1.807, 2.05) is 12.1 Å². The average Bonchev–Trinajstić information content (AvgIpc) is 2.46. The first-order valence-electron chi connectivity index (χ1n) is 6.11. The number of hydrogen-bond donors (Lipinski definition) is 0. The van der Waals surface area contributed by atoms with Crippen LogP contribution in [0.4, 0.5) is 0 Å². The third kappa shape index (κ3) is 6.40. The maximum atomic E-state index is 11.5. The van der Waals surface area contributed by atoms with Gasteiger partial charge in [0.25, 0.3) is 5.78 Å². The number of carbonyl (C=O) groups is 3. The van der Waals surface area contributed by atoms with Crippen LogP contribution in [0.2, 0.25) is 0 Å². The molecular weight excluding hydrogens is 344 g/mol. The number of Topliss-reactive ketones (excluding diaryl/α,β-unsaturated/α-hetero) is 1. The van der Waals surface area contributed by atoms with E-state index in [9.17, 15) is 14.4 Å². The minimum atomic E-state index is -1.04. The van der Waals surface area contributed by atoms with Crippen molar-refractivity contribution in [3.8, 4) is 5.75 Å². The van der Waals surface area contributed by atoms with Crippen LogP contribution in [0.5, 0.6) is 5.75 Å². The summed E-state index contributed by atoms with van der Waals surface area (Å²) in [4.78, 5) is 33.4. The van der Waals surface area contributed by atoms with Gasteiger partial charge in [0.2, 0.25) is 0 Å². The van der Waals surface area contributed by atoms with Gasteiger partial charge in [-0.1, -0.05) is 15.9 Å². The zero-order chi connectivity index (χ0) is 15.8.